The summed E-state index contributed by atoms with van der Waals surface area (Å²) in [4.78, 5) is 8.40. The molecule has 0 spiro atoms. The average Bonchev–Trinajstić information content (AvgIpc) is 2.46. The van der Waals surface area contributed by atoms with Gasteiger partial charge in [0.15, 0.2) is 0 Å². The van der Waals surface area contributed by atoms with Crippen LogP contribution in [0, 0.1) is 0 Å². The summed E-state index contributed by atoms with van der Waals surface area (Å²) >= 11 is 0. The fourth-order valence-corrected chi connectivity index (χ4v) is 1.77. The van der Waals surface area contributed by atoms with Crippen LogP contribution in [0.4, 0.5) is 0 Å². The molecule has 5 heteroatoms. The zero-order valence-electron chi connectivity index (χ0n) is 10.3. The number of nitrogens with zero attached hydrogens (tertiary/aromatic N) is 2. The molecule has 2 heterocycles. The first-order chi connectivity index (χ1) is 8.77. The Morgan fingerprint density at radius 1 is 1.06 bits per heavy atom. The molecule has 1 unspecified atom stereocenters. The summed E-state index contributed by atoms with van der Waals surface area (Å²) in [5.74, 6) is 1.15. The maximum absolute atomic E-state index is 6.21. The third kappa shape index (κ3) is 2.26. The van der Waals surface area contributed by atoms with Crippen molar-refractivity contribution in [3.8, 4) is 11.6 Å². The normalized spacial score (nSPS) is 11.9. The topological polar surface area (TPSA) is 70.3 Å². The fourth-order valence-electron chi connectivity index (χ4n) is 1.77. The van der Waals surface area contributed by atoms with Gasteiger partial charge in [-0.05, 0) is 18.2 Å². The Labute approximate surface area is 106 Å². The molecular formula is C13H15N3O2. The van der Waals surface area contributed by atoms with Crippen molar-refractivity contribution in [1.29, 1.82) is 0 Å². The van der Waals surface area contributed by atoms with Crippen molar-refractivity contribution in [2.45, 2.75) is 6.04 Å². The molecule has 1 atom stereocenters. The highest BCUT2D eigenvalue weighted by molar-refractivity contribution is 5.40. The molecular weight excluding hydrogens is 230 g/mol. The van der Waals surface area contributed by atoms with Crippen molar-refractivity contribution in [2.24, 2.45) is 5.73 Å². The lowest BCUT2D eigenvalue weighted by atomic mass is 10.0. The Bertz CT molecular complexity index is 484. The predicted molar refractivity (Wildman–Crippen MR) is 67.6 cm³/mol. The highest BCUT2D eigenvalue weighted by Crippen LogP contribution is 2.29. The third-order valence-corrected chi connectivity index (χ3v) is 2.64. The van der Waals surface area contributed by atoms with Crippen LogP contribution in [-0.4, -0.2) is 24.2 Å². The van der Waals surface area contributed by atoms with Gasteiger partial charge in [-0.3, -0.25) is 4.98 Å². The molecule has 0 saturated carbocycles. The largest absolute Gasteiger partial charge is 0.495 e. The smallest absolute Gasteiger partial charge is 0.218 e. The van der Waals surface area contributed by atoms with E-state index in [1.165, 1.54) is 0 Å². The first-order valence-corrected chi connectivity index (χ1v) is 5.51. The van der Waals surface area contributed by atoms with E-state index in [0.29, 0.717) is 17.3 Å². The zero-order chi connectivity index (χ0) is 13.0. The third-order valence-electron chi connectivity index (χ3n) is 2.64. The molecule has 0 aliphatic rings. The average molecular weight is 245 g/mol. The van der Waals surface area contributed by atoms with Crippen LogP contribution in [0.3, 0.4) is 0 Å². The summed E-state index contributed by atoms with van der Waals surface area (Å²) < 4.78 is 10.5. The molecule has 2 aromatic rings. The van der Waals surface area contributed by atoms with Crippen molar-refractivity contribution >= 4 is 0 Å². The number of hydrogen-bond acceptors (Lipinski definition) is 5. The van der Waals surface area contributed by atoms with Crippen LogP contribution in [0.25, 0.3) is 0 Å². The number of nitrogens with two attached hydrogens (primary N) is 1. The number of hydrogen-bond donors (Lipinski definition) is 1. The van der Waals surface area contributed by atoms with Crippen molar-refractivity contribution in [3.05, 3.63) is 47.9 Å². The monoisotopic (exact) mass is 245 g/mol. The van der Waals surface area contributed by atoms with Crippen LogP contribution < -0.4 is 15.2 Å². The van der Waals surface area contributed by atoms with Gasteiger partial charge in [0.05, 0.1) is 20.3 Å². The van der Waals surface area contributed by atoms with Crippen LogP contribution in [0.1, 0.15) is 17.3 Å². The Balaban J connectivity index is 2.44. The van der Waals surface area contributed by atoms with Crippen molar-refractivity contribution in [1.82, 2.24) is 9.97 Å². The summed E-state index contributed by atoms with van der Waals surface area (Å²) in [6, 6.07) is 6.86. The van der Waals surface area contributed by atoms with Gasteiger partial charge in [0.1, 0.15) is 11.4 Å². The van der Waals surface area contributed by atoms with Crippen molar-refractivity contribution in [2.75, 3.05) is 14.2 Å². The van der Waals surface area contributed by atoms with Crippen LogP contribution in [0.2, 0.25) is 0 Å². The molecule has 5 nitrogen and oxygen atoms in total. The van der Waals surface area contributed by atoms with Crippen molar-refractivity contribution in [3.63, 3.8) is 0 Å². The molecule has 0 bridgehead atoms. The summed E-state index contributed by atoms with van der Waals surface area (Å²) in [5.41, 5.74) is 7.64. The van der Waals surface area contributed by atoms with Crippen LogP contribution in [-0.2, 0) is 0 Å². The second kappa shape index (κ2) is 5.46. The fraction of sp³-hybridized carbons (Fsp3) is 0.231. The summed E-state index contributed by atoms with van der Waals surface area (Å²) in [6.45, 7) is 0. The van der Waals surface area contributed by atoms with Crippen LogP contribution in [0.15, 0.2) is 36.7 Å². The molecule has 94 valence electrons. The summed E-state index contributed by atoms with van der Waals surface area (Å²) in [7, 11) is 3.15. The zero-order valence-corrected chi connectivity index (χ0v) is 10.3. The quantitative estimate of drug-likeness (QED) is 0.884. The van der Waals surface area contributed by atoms with E-state index in [1.54, 1.807) is 32.7 Å². The van der Waals surface area contributed by atoms with Gasteiger partial charge in [-0.2, -0.15) is 0 Å². The van der Waals surface area contributed by atoms with Gasteiger partial charge in [0.2, 0.25) is 5.88 Å². The number of ether oxygens (including phenoxy) is 2. The second-order valence-corrected chi connectivity index (χ2v) is 3.67. The van der Waals surface area contributed by atoms with Gasteiger partial charge in [0.25, 0.3) is 0 Å². The molecule has 0 amide bonds. The van der Waals surface area contributed by atoms with E-state index >= 15 is 0 Å². The van der Waals surface area contributed by atoms with E-state index in [-0.39, 0.29) is 0 Å². The van der Waals surface area contributed by atoms with E-state index in [4.69, 9.17) is 15.2 Å². The lowest BCUT2D eigenvalue weighted by Crippen LogP contribution is -2.16. The van der Waals surface area contributed by atoms with Gasteiger partial charge in [-0.15, -0.1) is 0 Å². The van der Waals surface area contributed by atoms with Gasteiger partial charge < -0.3 is 15.2 Å². The number of rotatable bonds is 4. The number of methoxy groups -OCH3 is 2. The second-order valence-electron chi connectivity index (χ2n) is 3.67. The van der Waals surface area contributed by atoms with E-state index in [0.717, 1.165) is 5.56 Å². The molecule has 2 rings (SSSR count). The van der Waals surface area contributed by atoms with Crippen LogP contribution in [0.5, 0.6) is 11.6 Å². The SMILES string of the molecule is COc1cccnc1C(N)c1cccnc1OC. The Kier molecular flexibility index (Phi) is 3.74. The first kappa shape index (κ1) is 12.3. The van der Waals surface area contributed by atoms with Gasteiger partial charge >= 0.3 is 0 Å². The Hall–Kier alpha value is -2.14. The maximum atomic E-state index is 6.21. The standard InChI is InChI=1S/C13H15N3O2/c1-17-10-6-4-7-15-12(10)11(14)9-5-3-8-16-13(9)18-2/h3-8,11H,14H2,1-2H3. The molecule has 0 aliphatic heterocycles. The molecule has 2 N–H and O–H groups in total. The van der Waals surface area contributed by atoms with Gasteiger partial charge in [0, 0.05) is 18.0 Å². The molecule has 2 aromatic heterocycles. The lowest BCUT2D eigenvalue weighted by Gasteiger charge is -2.16. The molecule has 0 aliphatic carbocycles. The minimum atomic E-state index is -0.440. The van der Waals surface area contributed by atoms with Gasteiger partial charge in [-0.25, -0.2) is 4.98 Å². The highest BCUT2D eigenvalue weighted by Gasteiger charge is 2.19. The maximum Gasteiger partial charge on any atom is 0.218 e. The Morgan fingerprint density at radius 3 is 2.50 bits per heavy atom. The van der Waals surface area contributed by atoms with Gasteiger partial charge in [-0.1, -0.05) is 6.07 Å². The predicted octanol–water partition coefficient (Wildman–Crippen LogP) is 1.54. The van der Waals surface area contributed by atoms with E-state index in [1.807, 2.05) is 18.2 Å². The summed E-state index contributed by atoms with van der Waals surface area (Å²) in [6.07, 6.45) is 3.34. The minimum absolute atomic E-state index is 0.440. The lowest BCUT2D eigenvalue weighted by molar-refractivity contribution is 0.386. The van der Waals surface area contributed by atoms with Crippen molar-refractivity contribution < 1.29 is 9.47 Å². The minimum Gasteiger partial charge on any atom is -0.495 e. The van der Waals surface area contributed by atoms with E-state index < -0.39 is 6.04 Å². The molecule has 0 fully saturated rings. The first-order valence-electron chi connectivity index (χ1n) is 5.51. The number of pyridine rings is 2. The molecule has 0 radical (unpaired) electrons. The van der Waals surface area contributed by atoms with E-state index in [9.17, 15) is 0 Å². The molecule has 18 heavy (non-hydrogen) atoms. The van der Waals surface area contributed by atoms with E-state index in [2.05, 4.69) is 9.97 Å². The highest BCUT2D eigenvalue weighted by atomic mass is 16.5. The van der Waals surface area contributed by atoms with Crippen LogP contribution >= 0.6 is 0 Å². The molecule has 0 aromatic carbocycles. The summed E-state index contributed by atoms with van der Waals surface area (Å²) in [5, 5.41) is 0. The molecule has 0 saturated heterocycles. The Morgan fingerprint density at radius 2 is 1.78 bits per heavy atom. The number of aromatic nitrogens is 2.